The largest absolute Gasteiger partial charge is 0.385 e. The second kappa shape index (κ2) is 10.8. The molecule has 0 saturated carbocycles. The molecule has 1 N–H and O–H groups in total. The van der Waals surface area contributed by atoms with Gasteiger partial charge in [-0.05, 0) is 44.4 Å². The molecular formula is C18H28N2O3. The van der Waals surface area contributed by atoms with Crippen molar-refractivity contribution in [3.05, 3.63) is 29.8 Å². The van der Waals surface area contributed by atoms with Gasteiger partial charge in [0, 0.05) is 38.9 Å². The minimum Gasteiger partial charge on any atom is -0.385 e. The molecule has 5 heteroatoms. The SMILES string of the molecule is CCN(CC)C(=O)Cc1ccc(NC(=O)CCCCOC)cc1. The molecule has 1 aromatic carbocycles. The molecule has 0 saturated heterocycles. The van der Waals surface area contributed by atoms with E-state index in [2.05, 4.69) is 5.32 Å². The maximum Gasteiger partial charge on any atom is 0.226 e. The number of amides is 2. The molecule has 5 nitrogen and oxygen atoms in total. The van der Waals surface area contributed by atoms with Crippen LogP contribution in [0.2, 0.25) is 0 Å². The number of hydrogen-bond acceptors (Lipinski definition) is 3. The average Bonchev–Trinajstić information content (AvgIpc) is 2.54. The van der Waals surface area contributed by atoms with Gasteiger partial charge in [0.2, 0.25) is 11.8 Å². The summed E-state index contributed by atoms with van der Waals surface area (Å²) in [5.74, 6) is 0.137. The lowest BCUT2D eigenvalue weighted by Crippen LogP contribution is -2.31. The van der Waals surface area contributed by atoms with Crippen LogP contribution in [0.1, 0.15) is 38.7 Å². The Bertz CT molecular complexity index is 482. The van der Waals surface area contributed by atoms with Gasteiger partial charge in [0.15, 0.2) is 0 Å². The third-order valence-electron chi connectivity index (χ3n) is 3.71. The highest BCUT2D eigenvalue weighted by molar-refractivity contribution is 5.90. The summed E-state index contributed by atoms with van der Waals surface area (Å²) >= 11 is 0. The molecule has 0 aliphatic carbocycles. The summed E-state index contributed by atoms with van der Waals surface area (Å²) in [5, 5.41) is 2.87. The molecule has 2 amide bonds. The number of hydrogen-bond donors (Lipinski definition) is 1. The van der Waals surface area contributed by atoms with Crippen LogP contribution >= 0.6 is 0 Å². The first-order valence-corrected chi connectivity index (χ1v) is 8.26. The minimum atomic E-state index is 0.00747. The predicted molar refractivity (Wildman–Crippen MR) is 92.4 cm³/mol. The average molecular weight is 320 g/mol. The van der Waals surface area contributed by atoms with Crippen LogP contribution in [0.3, 0.4) is 0 Å². The third-order valence-corrected chi connectivity index (χ3v) is 3.71. The summed E-state index contributed by atoms with van der Waals surface area (Å²) in [5.41, 5.74) is 1.72. The van der Waals surface area contributed by atoms with Gasteiger partial charge in [0.05, 0.1) is 6.42 Å². The van der Waals surface area contributed by atoms with E-state index in [0.717, 1.165) is 37.2 Å². The number of carbonyl (C=O) groups is 2. The summed E-state index contributed by atoms with van der Waals surface area (Å²) in [4.78, 5) is 25.7. The third kappa shape index (κ3) is 7.28. The zero-order valence-corrected chi connectivity index (χ0v) is 14.4. The summed E-state index contributed by atoms with van der Waals surface area (Å²) in [7, 11) is 1.66. The topological polar surface area (TPSA) is 58.6 Å². The van der Waals surface area contributed by atoms with Crippen molar-refractivity contribution in [2.45, 2.75) is 39.5 Å². The van der Waals surface area contributed by atoms with Gasteiger partial charge in [-0.25, -0.2) is 0 Å². The molecule has 0 aliphatic heterocycles. The van der Waals surface area contributed by atoms with E-state index in [1.54, 1.807) is 7.11 Å². The van der Waals surface area contributed by atoms with Crippen molar-refractivity contribution >= 4 is 17.5 Å². The first kappa shape index (κ1) is 19.2. The molecule has 23 heavy (non-hydrogen) atoms. The first-order chi connectivity index (χ1) is 11.1. The number of carbonyl (C=O) groups excluding carboxylic acids is 2. The number of nitrogens with one attached hydrogen (secondary N) is 1. The highest BCUT2D eigenvalue weighted by Gasteiger charge is 2.10. The molecule has 1 rings (SSSR count). The predicted octanol–water partition coefficient (Wildman–Crippen LogP) is 2.85. The maximum atomic E-state index is 12.1. The zero-order valence-electron chi connectivity index (χ0n) is 14.4. The normalized spacial score (nSPS) is 10.4. The van der Waals surface area contributed by atoms with Gasteiger partial charge in [0.25, 0.3) is 0 Å². The van der Waals surface area contributed by atoms with Crippen LogP contribution in [-0.2, 0) is 20.7 Å². The fourth-order valence-corrected chi connectivity index (χ4v) is 2.32. The minimum absolute atomic E-state index is 0.00747. The number of anilines is 1. The van der Waals surface area contributed by atoms with E-state index < -0.39 is 0 Å². The number of unbranched alkanes of at least 4 members (excludes halogenated alkanes) is 1. The number of ether oxygens (including phenoxy) is 1. The summed E-state index contributed by atoms with van der Waals surface area (Å²) < 4.78 is 4.96. The Morgan fingerprint density at radius 2 is 1.74 bits per heavy atom. The Balaban J connectivity index is 2.44. The van der Waals surface area contributed by atoms with E-state index in [4.69, 9.17) is 4.74 Å². The Kier molecular flexibility index (Phi) is 8.98. The number of rotatable bonds is 10. The van der Waals surface area contributed by atoms with Gasteiger partial charge in [-0.3, -0.25) is 9.59 Å². The van der Waals surface area contributed by atoms with Gasteiger partial charge in [-0.15, -0.1) is 0 Å². The van der Waals surface area contributed by atoms with E-state index in [1.165, 1.54) is 0 Å². The van der Waals surface area contributed by atoms with Crippen molar-refractivity contribution in [1.82, 2.24) is 4.90 Å². The molecule has 0 aliphatic rings. The Hall–Kier alpha value is -1.88. The first-order valence-electron chi connectivity index (χ1n) is 8.26. The van der Waals surface area contributed by atoms with Crippen molar-refractivity contribution in [3.8, 4) is 0 Å². The molecule has 0 aromatic heterocycles. The van der Waals surface area contributed by atoms with Crippen LogP contribution in [0, 0.1) is 0 Å². The Labute approximate surface area is 139 Å². The molecule has 0 radical (unpaired) electrons. The molecule has 0 fully saturated rings. The molecule has 0 bridgehead atoms. The zero-order chi connectivity index (χ0) is 17.1. The summed E-state index contributed by atoms with van der Waals surface area (Å²) in [6.45, 7) is 6.10. The van der Waals surface area contributed by atoms with Crippen LogP contribution in [0.15, 0.2) is 24.3 Å². The maximum absolute atomic E-state index is 12.1. The van der Waals surface area contributed by atoms with Crippen molar-refractivity contribution < 1.29 is 14.3 Å². The van der Waals surface area contributed by atoms with E-state index in [-0.39, 0.29) is 11.8 Å². The van der Waals surface area contributed by atoms with E-state index in [1.807, 2.05) is 43.0 Å². The molecule has 128 valence electrons. The smallest absolute Gasteiger partial charge is 0.226 e. The fraction of sp³-hybridized carbons (Fsp3) is 0.556. The van der Waals surface area contributed by atoms with Crippen molar-refractivity contribution in [3.63, 3.8) is 0 Å². The van der Waals surface area contributed by atoms with Crippen LogP contribution in [0.25, 0.3) is 0 Å². The molecular weight excluding hydrogens is 292 g/mol. The Morgan fingerprint density at radius 3 is 2.30 bits per heavy atom. The molecule has 0 unspecified atom stereocenters. The van der Waals surface area contributed by atoms with Gasteiger partial charge < -0.3 is 15.0 Å². The van der Waals surface area contributed by atoms with Gasteiger partial charge in [0.1, 0.15) is 0 Å². The van der Waals surface area contributed by atoms with E-state index in [9.17, 15) is 9.59 Å². The second-order valence-corrected chi connectivity index (χ2v) is 5.44. The monoisotopic (exact) mass is 320 g/mol. The fourth-order valence-electron chi connectivity index (χ4n) is 2.32. The van der Waals surface area contributed by atoms with E-state index >= 15 is 0 Å². The molecule has 0 heterocycles. The quantitative estimate of drug-likeness (QED) is 0.674. The summed E-state index contributed by atoms with van der Waals surface area (Å²) in [6.07, 6.45) is 2.59. The molecule has 0 atom stereocenters. The highest BCUT2D eigenvalue weighted by atomic mass is 16.5. The second-order valence-electron chi connectivity index (χ2n) is 5.44. The van der Waals surface area contributed by atoms with Gasteiger partial charge in [-0.1, -0.05) is 12.1 Å². The van der Waals surface area contributed by atoms with E-state index in [0.29, 0.717) is 19.4 Å². The number of benzene rings is 1. The number of methoxy groups -OCH3 is 1. The standard InChI is InChI=1S/C18H28N2O3/c1-4-20(5-2)18(22)14-15-9-11-16(12-10-15)19-17(21)8-6-7-13-23-3/h9-12H,4-8,13-14H2,1-3H3,(H,19,21). The number of likely N-dealkylation sites (N-methyl/N-ethyl adjacent to an activating group) is 1. The summed E-state index contributed by atoms with van der Waals surface area (Å²) in [6, 6.07) is 7.47. The van der Waals surface area contributed by atoms with Gasteiger partial charge in [-0.2, -0.15) is 0 Å². The van der Waals surface area contributed by atoms with Crippen LogP contribution in [0.4, 0.5) is 5.69 Å². The van der Waals surface area contributed by atoms with Crippen LogP contribution in [0.5, 0.6) is 0 Å². The van der Waals surface area contributed by atoms with Crippen molar-refractivity contribution in [1.29, 1.82) is 0 Å². The molecule has 0 spiro atoms. The van der Waals surface area contributed by atoms with Crippen LogP contribution < -0.4 is 5.32 Å². The highest BCUT2D eigenvalue weighted by Crippen LogP contribution is 2.12. The lowest BCUT2D eigenvalue weighted by Gasteiger charge is -2.18. The Morgan fingerprint density at radius 1 is 1.09 bits per heavy atom. The number of nitrogens with zero attached hydrogens (tertiary/aromatic N) is 1. The van der Waals surface area contributed by atoms with Crippen molar-refractivity contribution in [2.75, 3.05) is 32.1 Å². The van der Waals surface area contributed by atoms with Crippen LogP contribution in [-0.4, -0.2) is 43.5 Å². The lowest BCUT2D eigenvalue weighted by atomic mass is 10.1. The molecule has 1 aromatic rings. The lowest BCUT2D eigenvalue weighted by molar-refractivity contribution is -0.130. The van der Waals surface area contributed by atoms with Gasteiger partial charge >= 0.3 is 0 Å². The van der Waals surface area contributed by atoms with Crippen molar-refractivity contribution in [2.24, 2.45) is 0 Å².